The molecule has 3 atom stereocenters. The number of carboxylic acids is 1. The van der Waals surface area contributed by atoms with E-state index >= 15 is 0 Å². The second kappa shape index (κ2) is 7.56. The van der Waals surface area contributed by atoms with Crippen molar-refractivity contribution in [2.75, 3.05) is 26.2 Å². The highest BCUT2D eigenvalue weighted by molar-refractivity contribution is 5.79. The summed E-state index contributed by atoms with van der Waals surface area (Å²) in [5.41, 5.74) is 5.12. The van der Waals surface area contributed by atoms with Crippen molar-refractivity contribution in [1.82, 2.24) is 4.90 Å². The lowest BCUT2D eigenvalue weighted by Gasteiger charge is -2.34. The molecular formula is C16H30N2O3. The Balaban J connectivity index is 1.78. The smallest absolute Gasteiger partial charge is 0.323 e. The van der Waals surface area contributed by atoms with E-state index in [4.69, 9.17) is 10.5 Å². The molecule has 0 spiro atoms. The van der Waals surface area contributed by atoms with Gasteiger partial charge in [0.25, 0.3) is 0 Å². The zero-order chi connectivity index (χ0) is 15.3. The third-order valence-electron chi connectivity index (χ3n) is 5.08. The summed E-state index contributed by atoms with van der Waals surface area (Å²) in [4.78, 5) is 13.8. The molecule has 2 aliphatic rings. The number of ether oxygens (including phenoxy) is 1. The first-order valence-electron chi connectivity index (χ1n) is 8.42. The van der Waals surface area contributed by atoms with Crippen molar-refractivity contribution >= 4 is 5.97 Å². The van der Waals surface area contributed by atoms with Crippen molar-refractivity contribution in [3.05, 3.63) is 0 Å². The van der Waals surface area contributed by atoms with Gasteiger partial charge in [-0.15, -0.1) is 0 Å². The van der Waals surface area contributed by atoms with Crippen LogP contribution in [0, 0.1) is 5.92 Å². The normalized spacial score (nSPS) is 34.2. The second-order valence-corrected chi connectivity index (χ2v) is 6.66. The van der Waals surface area contributed by atoms with Crippen LogP contribution in [0.4, 0.5) is 0 Å². The van der Waals surface area contributed by atoms with Gasteiger partial charge < -0.3 is 20.5 Å². The minimum Gasteiger partial charge on any atom is -0.480 e. The van der Waals surface area contributed by atoms with Crippen molar-refractivity contribution in [3.63, 3.8) is 0 Å². The number of hydrogen-bond acceptors (Lipinski definition) is 4. The van der Waals surface area contributed by atoms with E-state index in [2.05, 4.69) is 11.8 Å². The number of likely N-dealkylation sites (tertiary alicyclic amines) is 1. The third kappa shape index (κ3) is 4.18. The Morgan fingerprint density at radius 2 is 2.24 bits per heavy atom. The number of carboxylic acid groups (broad SMARTS) is 1. The lowest BCUT2D eigenvalue weighted by Crippen LogP contribution is -2.52. The number of hydrogen-bond donors (Lipinski definition) is 2. The van der Waals surface area contributed by atoms with Crippen LogP contribution < -0.4 is 5.73 Å². The molecule has 1 saturated carbocycles. The summed E-state index contributed by atoms with van der Waals surface area (Å²) in [6, 6.07) is 0. The molecule has 0 aromatic heterocycles. The van der Waals surface area contributed by atoms with Crippen LogP contribution in [0.2, 0.25) is 0 Å². The minimum atomic E-state index is -0.992. The molecule has 1 aliphatic carbocycles. The van der Waals surface area contributed by atoms with Crippen LogP contribution >= 0.6 is 0 Å². The minimum absolute atomic E-state index is 0.118. The average Bonchev–Trinajstić information content (AvgIpc) is 2.86. The van der Waals surface area contributed by atoms with Crippen LogP contribution in [0.15, 0.2) is 0 Å². The molecular weight excluding hydrogens is 268 g/mol. The van der Waals surface area contributed by atoms with Gasteiger partial charge in [0.2, 0.25) is 0 Å². The predicted octanol–water partition coefficient (Wildman–Crippen LogP) is 1.85. The molecule has 1 saturated heterocycles. The Bertz CT molecular complexity index is 350. The molecule has 21 heavy (non-hydrogen) atoms. The summed E-state index contributed by atoms with van der Waals surface area (Å²) in [5.74, 6) is -0.709. The Morgan fingerprint density at radius 1 is 1.43 bits per heavy atom. The first-order valence-corrected chi connectivity index (χ1v) is 8.42. The van der Waals surface area contributed by atoms with Crippen molar-refractivity contribution in [2.45, 2.75) is 63.5 Å². The van der Waals surface area contributed by atoms with Crippen LogP contribution in [0.25, 0.3) is 0 Å². The molecule has 2 fully saturated rings. The number of aliphatic carboxylic acids is 1. The Kier molecular flexibility index (Phi) is 6.02. The zero-order valence-corrected chi connectivity index (χ0v) is 13.2. The van der Waals surface area contributed by atoms with Crippen molar-refractivity contribution in [3.8, 4) is 0 Å². The van der Waals surface area contributed by atoms with E-state index in [1.807, 2.05) is 0 Å². The molecule has 1 aliphatic heterocycles. The van der Waals surface area contributed by atoms with Gasteiger partial charge in [0.05, 0.1) is 6.10 Å². The van der Waals surface area contributed by atoms with E-state index in [1.165, 1.54) is 6.42 Å². The molecule has 122 valence electrons. The van der Waals surface area contributed by atoms with Gasteiger partial charge in [-0.3, -0.25) is 4.79 Å². The Labute approximate surface area is 127 Å². The summed E-state index contributed by atoms with van der Waals surface area (Å²) in [5, 5.41) is 9.36. The summed E-state index contributed by atoms with van der Waals surface area (Å²) < 4.78 is 5.85. The van der Waals surface area contributed by atoms with Gasteiger partial charge in [-0.2, -0.15) is 0 Å². The maximum absolute atomic E-state index is 11.4. The molecule has 2 rings (SSSR count). The molecule has 3 N–H and O–H groups in total. The van der Waals surface area contributed by atoms with Gasteiger partial charge in [-0.25, -0.2) is 0 Å². The summed E-state index contributed by atoms with van der Waals surface area (Å²) >= 11 is 0. The SMILES string of the molecule is CCCOC1CCCN(CCC2CCCC2(N)C(=O)O)C1. The molecule has 3 unspecified atom stereocenters. The fourth-order valence-corrected chi connectivity index (χ4v) is 3.76. The summed E-state index contributed by atoms with van der Waals surface area (Å²) in [7, 11) is 0. The average molecular weight is 298 g/mol. The molecule has 1 heterocycles. The van der Waals surface area contributed by atoms with Crippen LogP contribution in [0.3, 0.4) is 0 Å². The summed E-state index contributed by atoms with van der Waals surface area (Å²) in [6.45, 7) is 6.00. The van der Waals surface area contributed by atoms with Gasteiger partial charge in [-0.1, -0.05) is 13.3 Å². The van der Waals surface area contributed by atoms with Crippen LogP contribution in [0.1, 0.15) is 51.9 Å². The molecule has 0 aromatic carbocycles. The zero-order valence-electron chi connectivity index (χ0n) is 13.2. The number of piperidine rings is 1. The van der Waals surface area contributed by atoms with Crippen molar-refractivity contribution < 1.29 is 14.6 Å². The maximum Gasteiger partial charge on any atom is 0.323 e. The highest BCUT2D eigenvalue weighted by Crippen LogP contribution is 2.36. The largest absolute Gasteiger partial charge is 0.480 e. The fraction of sp³-hybridized carbons (Fsp3) is 0.938. The first-order chi connectivity index (χ1) is 10.1. The Morgan fingerprint density at radius 3 is 2.95 bits per heavy atom. The van der Waals surface area contributed by atoms with Gasteiger partial charge in [-0.05, 0) is 57.5 Å². The van der Waals surface area contributed by atoms with Gasteiger partial charge in [0.15, 0.2) is 0 Å². The van der Waals surface area contributed by atoms with Crippen LogP contribution in [-0.4, -0.2) is 53.9 Å². The van der Waals surface area contributed by atoms with Gasteiger partial charge in [0.1, 0.15) is 5.54 Å². The highest BCUT2D eigenvalue weighted by Gasteiger charge is 2.45. The van der Waals surface area contributed by atoms with E-state index in [1.54, 1.807) is 0 Å². The van der Waals surface area contributed by atoms with Gasteiger partial charge in [0, 0.05) is 13.2 Å². The lowest BCUT2D eigenvalue weighted by molar-refractivity contribution is -0.145. The van der Waals surface area contributed by atoms with Crippen LogP contribution in [-0.2, 0) is 9.53 Å². The molecule has 0 aromatic rings. The lowest BCUT2D eigenvalue weighted by atomic mass is 9.85. The maximum atomic E-state index is 11.4. The molecule has 5 nitrogen and oxygen atoms in total. The van der Waals surface area contributed by atoms with Crippen molar-refractivity contribution in [2.24, 2.45) is 11.7 Å². The highest BCUT2D eigenvalue weighted by atomic mass is 16.5. The third-order valence-corrected chi connectivity index (χ3v) is 5.08. The quantitative estimate of drug-likeness (QED) is 0.750. The van der Waals surface area contributed by atoms with Crippen LogP contribution in [0.5, 0.6) is 0 Å². The van der Waals surface area contributed by atoms with Gasteiger partial charge >= 0.3 is 5.97 Å². The predicted molar refractivity (Wildman–Crippen MR) is 82.2 cm³/mol. The Hall–Kier alpha value is -0.650. The topological polar surface area (TPSA) is 75.8 Å². The second-order valence-electron chi connectivity index (χ2n) is 6.66. The molecule has 0 radical (unpaired) electrons. The number of rotatable bonds is 7. The van der Waals surface area contributed by atoms with E-state index in [0.717, 1.165) is 58.3 Å². The first kappa shape index (κ1) is 16.7. The van der Waals surface area contributed by atoms with E-state index in [9.17, 15) is 9.90 Å². The number of nitrogens with zero attached hydrogens (tertiary/aromatic N) is 1. The molecule has 5 heteroatoms. The monoisotopic (exact) mass is 298 g/mol. The molecule has 0 bridgehead atoms. The van der Waals surface area contributed by atoms with E-state index < -0.39 is 11.5 Å². The summed E-state index contributed by atoms with van der Waals surface area (Å²) in [6.07, 6.45) is 7.14. The van der Waals surface area contributed by atoms with Crippen molar-refractivity contribution in [1.29, 1.82) is 0 Å². The number of carbonyl (C=O) groups is 1. The standard InChI is InChI=1S/C16H30N2O3/c1-2-11-21-14-6-4-9-18(12-14)10-7-13-5-3-8-16(13,17)15(19)20/h13-14H,2-12,17H2,1H3,(H,19,20). The van der Waals surface area contributed by atoms with E-state index in [0.29, 0.717) is 12.5 Å². The van der Waals surface area contributed by atoms with E-state index in [-0.39, 0.29) is 5.92 Å². The fourth-order valence-electron chi connectivity index (χ4n) is 3.76. The molecule has 0 amide bonds. The number of nitrogens with two attached hydrogens (primary N) is 1.